The van der Waals surface area contributed by atoms with Crippen molar-refractivity contribution in [1.29, 1.82) is 0 Å². The van der Waals surface area contributed by atoms with Gasteiger partial charge in [0.1, 0.15) is 6.04 Å². The van der Waals surface area contributed by atoms with Crippen LogP contribution in [-0.4, -0.2) is 31.7 Å². The highest BCUT2D eigenvalue weighted by molar-refractivity contribution is 5.83. The van der Waals surface area contributed by atoms with E-state index in [9.17, 15) is 9.59 Å². The van der Waals surface area contributed by atoms with Gasteiger partial charge in [0.05, 0.1) is 7.11 Å². The molecule has 5 heteroatoms. The summed E-state index contributed by atoms with van der Waals surface area (Å²) in [4.78, 5) is 23.2. The molecule has 106 valence electrons. The van der Waals surface area contributed by atoms with Gasteiger partial charge >= 0.3 is 12.0 Å². The summed E-state index contributed by atoms with van der Waals surface area (Å²) in [6, 6.07) is -0.882. The molecule has 0 bridgehead atoms. The first-order valence-corrected chi connectivity index (χ1v) is 6.68. The number of carbonyl (C=O) groups is 2. The Bertz CT molecular complexity index is 257. The van der Waals surface area contributed by atoms with E-state index in [1.807, 2.05) is 13.8 Å². The fourth-order valence-electron chi connectivity index (χ4n) is 1.57. The van der Waals surface area contributed by atoms with Crippen molar-refractivity contribution in [2.24, 2.45) is 5.92 Å². The number of nitrogens with one attached hydrogen (secondary N) is 2. The van der Waals surface area contributed by atoms with Crippen LogP contribution in [0.25, 0.3) is 0 Å². The van der Waals surface area contributed by atoms with Crippen LogP contribution in [-0.2, 0) is 9.53 Å². The third kappa shape index (κ3) is 6.47. The Kier molecular flexibility index (Phi) is 9.06. The summed E-state index contributed by atoms with van der Waals surface area (Å²) < 4.78 is 4.70. The largest absolute Gasteiger partial charge is 0.467 e. The smallest absolute Gasteiger partial charge is 0.328 e. The minimum atomic E-state index is -0.578. The van der Waals surface area contributed by atoms with Crippen molar-refractivity contribution in [3.05, 3.63) is 0 Å². The number of esters is 1. The maximum Gasteiger partial charge on any atom is 0.328 e. The van der Waals surface area contributed by atoms with Gasteiger partial charge in [-0.05, 0) is 12.3 Å². The number of urea groups is 1. The summed E-state index contributed by atoms with van der Waals surface area (Å²) in [6.07, 6.45) is 3.96. The predicted molar refractivity (Wildman–Crippen MR) is 71.3 cm³/mol. The molecule has 0 radical (unpaired) electrons. The minimum absolute atomic E-state index is 0.0545. The van der Waals surface area contributed by atoms with E-state index in [2.05, 4.69) is 17.6 Å². The lowest BCUT2D eigenvalue weighted by Crippen LogP contribution is -2.49. The molecule has 2 N–H and O–H groups in total. The fraction of sp³-hybridized carbons (Fsp3) is 0.846. The van der Waals surface area contributed by atoms with E-state index < -0.39 is 12.0 Å². The average molecular weight is 258 g/mol. The Morgan fingerprint density at radius 2 is 1.89 bits per heavy atom. The molecule has 0 aliphatic carbocycles. The van der Waals surface area contributed by atoms with E-state index in [1.54, 1.807) is 0 Å². The van der Waals surface area contributed by atoms with Crippen LogP contribution in [0, 0.1) is 5.92 Å². The average Bonchev–Trinajstić information content (AvgIpc) is 2.39. The van der Waals surface area contributed by atoms with Gasteiger partial charge in [-0.3, -0.25) is 0 Å². The van der Waals surface area contributed by atoms with Crippen molar-refractivity contribution in [1.82, 2.24) is 10.6 Å². The second kappa shape index (κ2) is 9.74. The van der Waals surface area contributed by atoms with E-state index in [-0.39, 0.29) is 11.9 Å². The van der Waals surface area contributed by atoms with Gasteiger partial charge in [0.15, 0.2) is 0 Å². The number of hydrogen-bond acceptors (Lipinski definition) is 3. The van der Waals surface area contributed by atoms with Gasteiger partial charge in [-0.25, -0.2) is 9.59 Å². The molecule has 0 heterocycles. The summed E-state index contributed by atoms with van der Waals surface area (Å²) in [7, 11) is 1.33. The van der Waals surface area contributed by atoms with E-state index >= 15 is 0 Å². The number of ether oxygens (including phenoxy) is 1. The maximum atomic E-state index is 11.6. The van der Waals surface area contributed by atoms with Crippen molar-refractivity contribution in [2.45, 2.75) is 52.5 Å². The van der Waals surface area contributed by atoms with Crippen LogP contribution in [0.3, 0.4) is 0 Å². The summed E-state index contributed by atoms with van der Waals surface area (Å²) in [5.74, 6) is -0.341. The number of rotatable bonds is 8. The molecule has 0 aliphatic heterocycles. The summed E-state index contributed by atoms with van der Waals surface area (Å²) in [5, 5.41) is 5.42. The quantitative estimate of drug-likeness (QED) is 0.517. The predicted octanol–water partition coefficient (Wildman–Crippen LogP) is 2.06. The molecule has 0 fully saturated rings. The lowest BCUT2D eigenvalue weighted by Gasteiger charge is -2.21. The number of unbranched alkanes of at least 4 members (excludes halogenated alkanes) is 2. The zero-order chi connectivity index (χ0) is 14.0. The Labute approximate surface area is 110 Å². The number of hydrogen-bond donors (Lipinski definition) is 2. The first-order valence-electron chi connectivity index (χ1n) is 6.68. The SMILES string of the molecule is CCCCCNC(=O)NC(C(=O)OC)C(C)CC. The van der Waals surface area contributed by atoms with E-state index in [4.69, 9.17) is 4.74 Å². The molecule has 2 unspecified atom stereocenters. The van der Waals surface area contributed by atoms with Gasteiger partial charge in [0.25, 0.3) is 0 Å². The highest BCUT2D eigenvalue weighted by Gasteiger charge is 2.26. The number of methoxy groups -OCH3 is 1. The molecular weight excluding hydrogens is 232 g/mol. The number of carbonyl (C=O) groups excluding carboxylic acids is 2. The first-order chi connectivity index (χ1) is 8.56. The van der Waals surface area contributed by atoms with Crippen molar-refractivity contribution in [2.75, 3.05) is 13.7 Å². The Morgan fingerprint density at radius 3 is 2.39 bits per heavy atom. The third-order valence-corrected chi connectivity index (χ3v) is 3.02. The molecule has 0 aromatic heterocycles. The van der Waals surface area contributed by atoms with Gasteiger partial charge in [-0.2, -0.15) is 0 Å². The lowest BCUT2D eigenvalue weighted by atomic mass is 9.99. The van der Waals surface area contributed by atoms with Gasteiger partial charge < -0.3 is 15.4 Å². The molecule has 2 atom stereocenters. The number of amides is 2. The van der Waals surface area contributed by atoms with E-state index in [0.717, 1.165) is 25.7 Å². The van der Waals surface area contributed by atoms with Crippen LogP contribution in [0.1, 0.15) is 46.5 Å². The highest BCUT2D eigenvalue weighted by Crippen LogP contribution is 2.08. The second-order valence-electron chi connectivity index (χ2n) is 4.49. The molecule has 0 saturated heterocycles. The molecule has 5 nitrogen and oxygen atoms in total. The van der Waals surface area contributed by atoms with Crippen LogP contribution in [0.5, 0.6) is 0 Å². The van der Waals surface area contributed by atoms with Crippen LogP contribution in [0.15, 0.2) is 0 Å². The Morgan fingerprint density at radius 1 is 1.22 bits per heavy atom. The van der Waals surface area contributed by atoms with Gasteiger partial charge in [0.2, 0.25) is 0 Å². The fourth-order valence-corrected chi connectivity index (χ4v) is 1.57. The topological polar surface area (TPSA) is 67.4 Å². The van der Waals surface area contributed by atoms with Crippen molar-refractivity contribution in [3.8, 4) is 0 Å². The monoisotopic (exact) mass is 258 g/mol. The van der Waals surface area contributed by atoms with Crippen LogP contribution in [0.2, 0.25) is 0 Å². The van der Waals surface area contributed by atoms with Crippen LogP contribution < -0.4 is 10.6 Å². The summed E-state index contributed by atoms with van der Waals surface area (Å²) in [6.45, 7) is 6.63. The standard InChI is InChI=1S/C13H26N2O3/c1-5-7-8-9-14-13(17)15-11(10(3)6-2)12(16)18-4/h10-11H,5-9H2,1-4H3,(H2,14,15,17). The first kappa shape index (κ1) is 16.7. The van der Waals surface area contributed by atoms with Crippen molar-refractivity contribution < 1.29 is 14.3 Å². The zero-order valence-corrected chi connectivity index (χ0v) is 11.9. The lowest BCUT2D eigenvalue weighted by molar-refractivity contribution is -0.144. The molecule has 2 amide bonds. The van der Waals surface area contributed by atoms with Gasteiger partial charge in [0, 0.05) is 6.54 Å². The second-order valence-corrected chi connectivity index (χ2v) is 4.49. The van der Waals surface area contributed by atoms with Gasteiger partial charge in [-0.1, -0.05) is 40.0 Å². The van der Waals surface area contributed by atoms with Crippen LogP contribution in [0.4, 0.5) is 4.79 Å². The van der Waals surface area contributed by atoms with E-state index in [1.165, 1.54) is 7.11 Å². The Balaban J connectivity index is 4.15. The highest BCUT2D eigenvalue weighted by atomic mass is 16.5. The molecular formula is C13H26N2O3. The summed E-state index contributed by atoms with van der Waals surface area (Å²) in [5.41, 5.74) is 0. The summed E-state index contributed by atoms with van der Waals surface area (Å²) >= 11 is 0. The van der Waals surface area contributed by atoms with Crippen molar-refractivity contribution >= 4 is 12.0 Å². The molecule has 18 heavy (non-hydrogen) atoms. The molecule has 0 saturated carbocycles. The zero-order valence-electron chi connectivity index (χ0n) is 11.9. The normalized spacial score (nSPS) is 13.6. The van der Waals surface area contributed by atoms with E-state index in [0.29, 0.717) is 6.54 Å². The van der Waals surface area contributed by atoms with Crippen LogP contribution >= 0.6 is 0 Å². The molecule has 0 aromatic rings. The Hall–Kier alpha value is -1.26. The van der Waals surface area contributed by atoms with Gasteiger partial charge in [-0.15, -0.1) is 0 Å². The molecule has 0 aromatic carbocycles. The minimum Gasteiger partial charge on any atom is -0.467 e. The van der Waals surface area contributed by atoms with Crippen molar-refractivity contribution in [3.63, 3.8) is 0 Å². The molecule has 0 spiro atoms. The third-order valence-electron chi connectivity index (χ3n) is 3.02. The molecule has 0 rings (SSSR count). The molecule has 0 aliphatic rings. The maximum absolute atomic E-state index is 11.6.